The number of benzene rings is 2. The fraction of sp³-hybridized carbons (Fsp3) is 0.545. The number of phenolic OH excluding ortho intramolecular Hbond substituents is 1. The number of nitrogens with zero attached hydrogens (tertiary/aromatic N) is 2. The first-order valence-corrected chi connectivity index (χ1v) is 16.4. The van der Waals surface area contributed by atoms with Crippen molar-refractivity contribution < 1.29 is 42.1 Å². The van der Waals surface area contributed by atoms with E-state index in [-0.39, 0.29) is 37.9 Å². The molecule has 4 aliphatic heterocycles. The van der Waals surface area contributed by atoms with Gasteiger partial charge in [0.25, 0.3) is 5.91 Å². The van der Waals surface area contributed by atoms with Gasteiger partial charge in [-0.1, -0.05) is 29.8 Å². The quantitative estimate of drug-likeness (QED) is 0.360. The summed E-state index contributed by atoms with van der Waals surface area (Å²) >= 11 is 5.97. The number of piperidine rings is 3. The van der Waals surface area contributed by atoms with Crippen LogP contribution in [0.3, 0.4) is 0 Å². The number of halogens is 4. The van der Waals surface area contributed by atoms with Gasteiger partial charge in [-0.05, 0) is 74.4 Å². The second-order valence-corrected chi connectivity index (χ2v) is 13.2. The second-order valence-electron chi connectivity index (χ2n) is 12.8. The lowest BCUT2D eigenvalue weighted by Gasteiger charge is -2.44. The molecule has 0 radical (unpaired) electrons. The van der Waals surface area contributed by atoms with Gasteiger partial charge >= 0.3 is 18.4 Å². The van der Waals surface area contributed by atoms with Gasteiger partial charge in [0.2, 0.25) is 0 Å². The van der Waals surface area contributed by atoms with Crippen LogP contribution in [0.25, 0.3) is 0 Å². The number of hydrogen-bond donors (Lipinski definition) is 3. The average molecular weight is 679 g/mol. The van der Waals surface area contributed by atoms with Crippen LogP contribution in [0.15, 0.2) is 36.4 Å². The Labute approximate surface area is 275 Å². The van der Waals surface area contributed by atoms with E-state index in [1.54, 1.807) is 17.0 Å². The van der Waals surface area contributed by atoms with Gasteiger partial charge in [0.15, 0.2) is 6.10 Å². The van der Waals surface area contributed by atoms with Crippen LogP contribution in [0.2, 0.25) is 5.02 Å². The highest BCUT2D eigenvalue weighted by Gasteiger charge is 2.46. The molecule has 254 valence electrons. The van der Waals surface area contributed by atoms with Crippen molar-refractivity contribution in [3.8, 4) is 5.75 Å². The highest BCUT2D eigenvalue weighted by atomic mass is 35.5. The Balaban J connectivity index is 1.18. The third kappa shape index (κ3) is 7.11. The Morgan fingerprint density at radius 1 is 1.02 bits per heavy atom. The molecular formula is C33H38ClF3N4O6. The summed E-state index contributed by atoms with van der Waals surface area (Å²) in [5.74, 6) is -0.544. The minimum absolute atomic E-state index is 0.00770. The number of anilines is 1. The van der Waals surface area contributed by atoms with Crippen molar-refractivity contribution in [3.05, 3.63) is 58.1 Å². The summed E-state index contributed by atoms with van der Waals surface area (Å²) in [7, 11) is 0. The first-order chi connectivity index (χ1) is 22.4. The van der Waals surface area contributed by atoms with Gasteiger partial charge in [0.1, 0.15) is 11.4 Å². The van der Waals surface area contributed by atoms with Gasteiger partial charge in [-0.3, -0.25) is 10.1 Å². The molecule has 0 unspecified atom stereocenters. The van der Waals surface area contributed by atoms with E-state index in [4.69, 9.17) is 21.1 Å². The summed E-state index contributed by atoms with van der Waals surface area (Å²) in [6.45, 7) is 3.17. The Bertz CT molecular complexity index is 1500. The molecule has 47 heavy (non-hydrogen) atoms. The number of carbonyl (C=O) groups excluding carboxylic acids is 3. The fourth-order valence-electron chi connectivity index (χ4n) is 7.47. The number of alkyl halides is 3. The first kappa shape index (κ1) is 33.2. The van der Waals surface area contributed by atoms with E-state index in [1.807, 2.05) is 12.1 Å². The van der Waals surface area contributed by atoms with Crippen LogP contribution < -0.4 is 10.6 Å². The topological polar surface area (TPSA) is 120 Å². The Hall–Kier alpha value is -3.71. The predicted octanol–water partition coefficient (Wildman–Crippen LogP) is 5.90. The largest absolute Gasteiger partial charge is 0.506 e. The summed E-state index contributed by atoms with van der Waals surface area (Å²) in [4.78, 5) is 42.8. The van der Waals surface area contributed by atoms with Crippen molar-refractivity contribution in [1.82, 2.24) is 15.1 Å². The molecule has 2 aromatic carbocycles. The minimum atomic E-state index is -4.89. The number of amides is 3. The summed E-state index contributed by atoms with van der Waals surface area (Å²) < 4.78 is 52.6. The SMILES string of the molecule is O=C1Nc2ccccc2C2(CCN(C(=O)O[C@H](Cc3cc(Cl)c(O)c(C(F)(F)F)c3)C(=O)N3CCC(C4CCNCC4)CC3)CC2)O1. The summed E-state index contributed by atoms with van der Waals surface area (Å²) in [6.07, 6.45) is -3.72. The summed E-state index contributed by atoms with van der Waals surface area (Å²) in [6, 6.07) is 9.17. The van der Waals surface area contributed by atoms with Crippen molar-refractivity contribution in [3.63, 3.8) is 0 Å². The molecule has 4 aliphatic rings. The molecule has 14 heteroatoms. The number of likely N-dealkylation sites (tertiary alicyclic amines) is 2. The van der Waals surface area contributed by atoms with Crippen LogP contribution >= 0.6 is 11.6 Å². The van der Waals surface area contributed by atoms with Gasteiger partial charge in [-0.2, -0.15) is 13.2 Å². The van der Waals surface area contributed by atoms with E-state index >= 15 is 0 Å². The average Bonchev–Trinajstić information content (AvgIpc) is 3.06. The molecule has 0 aromatic heterocycles. The van der Waals surface area contributed by atoms with Crippen molar-refractivity contribution in [2.24, 2.45) is 11.8 Å². The van der Waals surface area contributed by atoms with Gasteiger partial charge in [0, 0.05) is 51.0 Å². The van der Waals surface area contributed by atoms with Crippen molar-refractivity contribution in [1.29, 1.82) is 0 Å². The maximum atomic E-state index is 13.9. The van der Waals surface area contributed by atoms with E-state index in [1.165, 1.54) is 4.90 Å². The predicted molar refractivity (Wildman–Crippen MR) is 166 cm³/mol. The van der Waals surface area contributed by atoms with Crippen LogP contribution in [-0.2, 0) is 32.5 Å². The van der Waals surface area contributed by atoms with E-state index in [0.717, 1.165) is 56.5 Å². The number of fused-ring (bicyclic) bond motifs is 2. The van der Waals surface area contributed by atoms with Gasteiger partial charge in [-0.25, -0.2) is 9.59 Å². The molecule has 1 spiro atoms. The van der Waals surface area contributed by atoms with Crippen LogP contribution in [0.5, 0.6) is 5.75 Å². The molecule has 0 saturated carbocycles. The molecule has 3 saturated heterocycles. The smallest absolute Gasteiger partial charge is 0.420 e. The molecule has 2 aromatic rings. The highest BCUT2D eigenvalue weighted by molar-refractivity contribution is 6.32. The minimum Gasteiger partial charge on any atom is -0.506 e. The van der Waals surface area contributed by atoms with Crippen LogP contribution in [0, 0.1) is 11.8 Å². The third-order valence-electron chi connectivity index (χ3n) is 10.0. The van der Waals surface area contributed by atoms with Crippen molar-refractivity contribution in [2.45, 2.75) is 62.8 Å². The number of rotatable bonds is 5. The van der Waals surface area contributed by atoms with Gasteiger partial charge in [0.05, 0.1) is 16.3 Å². The molecule has 1 atom stereocenters. The van der Waals surface area contributed by atoms with Crippen molar-refractivity contribution >= 4 is 35.4 Å². The molecule has 0 aliphatic carbocycles. The number of para-hydroxylation sites is 1. The number of phenols is 1. The third-order valence-corrected chi connectivity index (χ3v) is 10.3. The lowest BCUT2D eigenvalue weighted by Crippen LogP contribution is -2.52. The maximum Gasteiger partial charge on any atom is 0.420 e. The zero-order valence-electron chi connectivity index (χ0n) is 25.8. The Morgan fingerprint density at radius 3 is 2.36 bits per heavy atom. The standard InChI is InChI=1S/C33H38ClF3N4O6/c34-25-18-20(17-24(28(25)42)33(35,36)37)19-27(29(43)40-13-7-22(8-14-40)21-5-11-38-12-6-21)46-31(45)41-15-9-32(10-16-41)23-3-1-2-4-26(23)39-30(44)47-32/h1-4,17-18,21-22,27,38,42H,5-16,19H2,(H,39,44)/t27-/m1/s1. The van der Waals surface area contributed by atoms with E-state index in [0.29, 0.717) is 30.6 Å². The molecule has 6 rings (SSSR count). The number of ether oxygens (including phenoxy) is 2. The lowest BCUT2D eigenvalue weighted by atomic mass is 9.79. The zero-order chi connectivity index (χ0) is 33.3. The second kappa shape index (κ2) is 13.4. The van der Waals surface area contributed by atoms with Crippen LogP contribution in [0.4, 0.5) is 28.4 Å². The van der Waals surface area contributed by atoms with Crippen LogP contribution in [0.1, 0.15) is 55.2 Å². The maximum absolute atomic E-state index is 13.9. The Kier molecular flexibility index (Phi) is 9.48. The van der Waals surface area contributed by atoms with Gasteiger partial charge in [-0.15, -0.1) is 0 Å². The first-order valence-electron chi connectivity index (χ1n) is 16.1. The fourth-order valence-corrected chi connectivity index (χ4v) is 7.71. The Morgan fingerprint density at radius 2 is 1.68 bits per heavy atom. The summed E-state index contributed by atoms with van der Waals surface area (Å²) in [5.41, 5.74) is -0.830. The van der Waals surface area contributed by atoms with Gasteiger partial charge < -0.3 is 29.7 Å². The monoisotopic (exact) mass is 678 g/mol. The summed E-state index contributed by atoms with van der Waals surface area (Å²) in [5, 5.41) is 15.5. The van der Waals surface area contributed by atoms with E-state index < -0.39 is 52.3 Å². The van der Waals surface area contributed by atoms with Crippen LogP contribution in [-0.4, -0.2) is 78.4 Å². The molecular weight excluding hydrogens is 641 g/mol. The van der Waals surface area contributed by atoms with E-state index in [9.17, 15) is 32.7 Å². The molecule has 3 amide bonds. The number of nitrogens with one attached hydrogen (secondary N) is 2. The van der Waals surface area contributed by atoms with E-state index in [2.05, 4.69) is 10.6 Å². The highest BCUT2D eigenvalue weighted by Crippen LogP contribution is 2.44. The zero-order valence-corrected chi connectivity index (χ0v) is 26.5. The number of carbonyl (C=O) groups is 3. The molecule has 3 N–H and O–H groups in total. The lowest BCUT2D eigenvalue weighted by molar-refractivity contribution is -0.143. The number of aromatic hydroxyl groups is 1. The van der Waals surface area contributed by atoms with Crippen molar-refractivity contribution in [2.75, 3.05) is 44.6 Å². The molecule has 0 bridgehead atoms. The normalized spacial score (nSPS) is 21.1. The number of hydrogen-bond acceptors (Lipinski definition) is 7. The molecule has 3 fully saturated rings. The molecule has 4 heterocycles. The molecule has 10 nitrogen and oxygen atoms in total.